The largest absolute Gasteiger partial charge is 0.365 e. The lowest BCUT2D eigenvalue weighted by Crippen LogP contribution is -2.51. The van der Waals surface area contributed by atoms with Crippen LogP contribution in [-0.4, -0.2) is 35.5 Å². The van der Waals surface area contributed by atoms with Crippen LogP contribution in [0.15, 0.2) is 15.5 Å². The Labute approximate surface area is 134 Å². The van der Waals surface area contributed by atoms with E-state index in [1.807, 2.05) is 27.1 Å². The lowest BCUT2D eigenvalue weighted by molar-refractivity contribution is 0.380. The van der Waals surface area contributed by atoms with Gasteiger partial charge in [0.1, 0.15) is 4.47 Å². The minimum absolute atomic E-state index is 0.0519. The van der Waals surface area contributed by atoms with Crippen LogP contribution in [0.3, 0.4) is 0 Å². The molecule has 1 aliphatic rings. The number of piperidine rings is 1. The molecule has 0 aliphatic carbocycles. The third-order valence-electron chi connectivity index (χ3n) is 4.31. The Kier molecular flexibility index (Phi) is 5.43. The minimum Gasteiger partial charge on any atom is -0.365 e. The molecule has 5 nitrogen and oxygen atoms in total. The molecular weight excluding hydrogens is 332 g/mol. The van der Waals surface area contributed by atoms with Gasteiger partial charge in [0, 0.05) is 18.6 Å². The van der Waals surface area contributed by atoms with E-state index in [9.17, 15) is 4.79 Å². The van der Waals surface area contributed by atoms with Crippen LogP contribution in [0, 0.1) is 0 Å². The molecule has 1 aromatic heterocycles. The van der Waals surface area contributed by atoms with E-state index in [1.165, 1.54) is 11.1 Å². The predicted molar refractivity (Wildman–Crippen MR) is 90.1 cm³/mol. The number of anilines is 1. The molecule has 1 aromatic rings. The second-order valence-corrected chi connectivity index (χ2v) is 6.81. The second-order valence-electron chi connectivity index (χ2n) is 6.02. The maximum absolute atomic E-state index is 12.4. The van der Waals surface area contributed by atoms with Crippen LogP contribution in [0.1, 0.15) is 46.1 Å². The molecule has 2 atom stereocenters. The molecule has 0 spiro atoms. The van der Waals surface area contributed by atoms with Gasteiger partial charge in [0.2, 0.25) is 0 Å². The number of aromatic nitrogens is 2. The highest BCUT2D eigenvalue weighted by atomic mass is 79.9. The molecule has 21 heavy (non-hydrogen) atoms. The summed E-state index contributed by atoms with van der Waals surface area (Å²) in [4.78, 5) is 14.8. The van der Waals surface area contributed by atoms with E-state index >= 15 is 0 Å². The number of nitrogens with zero attached hydrogens (tertiary/aromatic N) is 3. The SMILES string of the molecule is CNC(C)C1CCCCN1c1cnn(C(C)C)c(=O)c1Br. The Balaban J connectivity index is 2.40. The third kappa shape index (κ3) is 3.31. The van der Waals surface area contributed by atoms with Crippen molar-refractivity contribution >= 4 is 21.6 Å². The van der Waals surface area contributed by atoms with Crippen molar-refractivity contribution in [1.29, 1.82) is 0 Å². The van der Waals surface area contributed by atoms with Gasteiger partial charge in [-0.05, 0) is 63.0 Å². The normalized spacial score (nSPS) is 20.9. The van der Waals surface area contributed by atoms with Gasteiger partial charge in [0.25, 0.3) is 5.56 Å². The van der Waals surface area contributed by atoms with Crippen LogP contribution in [0.25, 0.3) is 0 Å². The molecule has 6 heteroatoms. The predicted octanol–water partition coefficient (Wildman–Crippen LogP) is 2.55. The zero-order chi connectivity index (χ0) is 15.6. The van der Waals surface area contributed by atoms with Crippen LogP contribution >= 0.6 is 15.9 Å². The molecule has 0 radical (unpaired) electrons. The summed E-state index contributed by atoms with van der Waals surface area (Å²) >= 11 is 3.50. The number of halogens is 1. The first-order valence-corrected chi connectivity index (χ1v) is 8.48. The van der Waals surface area contributed by atoms with Crippen LogP contribution in [0.4, 0.5) is 5.69 Å². The van der Waals surface area contributed by atoms with Crippen molar-refractivity contribution in [2.24, 2.45) is 0 Å². The molecule has 2 unspecified atom stereocenters. The zero-order valence-electron chi connectivity index (χ0n) is 13.3. The monoisotopic (exact) mass is 356 g/mol. The van der Waals surface area contributed by atoms with E-state index in [-0.39, 0.29) is 11.6 Å². The quantitative estimate of drug-likeness (QED) is 0.900. The lowest BCUT2D eigenvalue weighted by atomic mass is 9.96. The van der Waals surface area contributed by atoms with Crippen molar-refractivity contribution in [2.45, 2.75) is 58.2 Å². The minimum atomic E-state index is -0.0519. The second kappa shape index (κ2) is 6.92. The first-order chi connectivity index (χ1) is 9.97. The lowest BCUT2D eigenvalue weighted by Gasteiger charge is -2.41. The van der Waals surface area contributed by atoms with Gasteiger partial charge in [-0.2, -0.15) is 5.10 Å². The van der Waals surface area contributed by atoms with Crippen molar-refractivity contribution in [3.63, 3.8) is 0 Å². The summed E-state index contributed by atoms with van der Waals surface area (Å²) in [6, 6.07) is 0.845. The van der Waals surface area contributed by atoms with Crippen molar-refractivity contribution in [3.8, 4) is 0 Å². The molecule has 1 saturated heterocycles. The van der Waals surface area contributed by atoms with Crippen LogP contribution < -0.4 is 15.8 Å². The van der Waals surface area contributed by atoms with Gasteiger partial charge in [0.05, 0.1) is 17.9 Å². The van der Waals surface area contributed by atoms with E-state index < -0.39 is 0 Å². The molecule has 1 N–H and O–H groups in total. The molecule has 0 amide bonds. The summed E-state index contributed by atoms with van der Waals surface area (Å²) in [5.74, 6) is 0. The summed E-state index contributed by atoms with van der Waals surface area (Å²) in [7, 11) is 1.99. The Morgan fingerprint density at radius 2 is 2.10 bits per heavy atom. The number of nitrogens with one attached hydrogen (secondary N) is 1. The van der Waals surface area contributed by atoms with Crippen molar-refractivity contribution in [3.05, 3.63) is 21.0 Å². The molecule has 2 rings (SSSR count). The van der Waals surface area contributed by atoms with E-state index in [4.69, 9.17) is 0 Å². The van der Waals surface area contributed by atoms with Gasteiger partial charge in [-0.3, -0.25) is 4.79 Å². The maximum atomic E-state index is 12.4. The Morgan fingerprint density at radius 1 is 1.38 bits per heavy atom. The smallest absolute Gasteiger partial charge is 0.283 e. The summed E-state index contributed by atoms with van der Waals surface area (Å²) < 4.78 is 2.15. The highest BCUT2D eigenvalue weighted by Gasteiger charge is 2.29. The number of rotatable bonds is 4. The van der Waals surface area contributed by atoms with Gasteiger partial charge in [-0.1, -0.05) is 0 Å². The summed E-state index contributed by atoms with van der Waals surface area (Å²) in [5.41, 5.74) is 0.868. The molecule has 0 saturated carbocycles. The summed E-state index contributed by atoms with van der Waals surface area (Å²) in [6.45, 7) is 7.10. The van der Waals surface area contributed by atoms with E-state index in [1.54, 1.807) is 0 Å². The maximum Gasteiger partial charge on any atom is 0.283 e. The zero-order valence-corrected chi connectivity index (χ0v) is 14.9. The topological polar surface area (TPSA) is 50.2 Å². The average molecular weight is 357 g/mol. The molecule has 118 valence electrons. The van der Waals surface area contributed by atoms with Crippen molar-refractivity contribution in [1.82, 2.24) is 15.1 Å². The van der Waals surface area contributed by atoms with Gasteiger partial charge in [0.15, 0.2) is 0 Å². The molecule has 0 aromatic carbocycles. The van der Waals surface area contributed by atoms with Crippen LogP contribution in [-0.2, 0) is 0 Å². The fraction of sp³-hybridized carbons (Fsp3) is 0.733. The van der Waals surface area contributed by atoms with Crippen molar-refractivity contribution < 1.29 is 0 Å². The van der Waals surface area contributed by atoms with Gasteiger partial charge in [-0.25, -0.2) is 4.68 Å². The number of likely N-dealkylation sites (N-methyl/N-ethyl adjacent to an activating group) is 1. The summed E-state index contributed by atoms with van der Waals surface area (Å²) in [5, 5.41) is 7.68. The molecule has 0 bridgehead atoms. The third-order valence-corrected chi connectivity index (χ3v) is 5.05. The fourth-order valence-electron chi connectivity index (χ4n) is 2.97. The van der Waals surface area contributed by atoms with Gasteiger partial charge in [-0.15, -0.1) is 0 Å². The van der Waals surface area contributed by atoms with E-state index in [0.717, 1.165) is 25.1 Å². The Bertz CT molecular complexity index is 543. The Hall–Kier alpha value is -0.880. The first-order valence-electron chi connectivity index (χ1n) is 7.68. The highest BCUT2D eigenvalue weighted by molar-refractivity contribution is 9.10. The summed E-state index contributed by atoms with van der Waals surface area (Å²) in [6.07, 6.45) is 5.36. The molecule has 2 heterocycles. The first kappa shape index (κ1) is 16.5. The van der Waals surface area contributed by atoms with Crippen LogP contribution in [0.2, 0.25) is 0 Å². The fourth-order valence-corrected chi connectivity index (χ4v) is 3.48. The average Bonchev–Trinajstić information content (AvgIpc) is 2.49. The molecule has 1 aliphatic heterocycles. The number of hydrogen-bond donors (Lipinski definition) is 1. The number of hydrogen-bond acceptors (Lipinski definition) is 4. The highest BCUT2D eigenvalue weighted by Crippen LogP contribution is 2.30. The van der Waals surface area contributed by atoms with Crippen LogP contribution in [0.5, 0.6) is 0 Å². The van der Waals surface area contributed by atoms with E-state index in [2.05, 4.69) is 38.2 Å². The van der Waals surface area contributed by atoms with E-state index in [0.29, 0.717) is 16.6 Å². The Morgan fingerprint density at radius 3 is 2.71 bits per heavy atom. The van der Waals surface area contributed by atoms with Gasteiger partial charge < -0.3 is 10.2 Å². The van der Waals surface area contributed by atoms with Crippen molar-refractivity contribution in [2.75, 3.05) is 18.5 Å². The standard InChI is InChI=1S/C15H25BrN4O/c1-10(2)20-15(21)14(16)13(9-18-20)19-8-6-5-7-12(19)11(3)17-4/h9-12,17H,5-8H2,1-4H3. The molecule has 1 fully saturated rings. The molecular formula is C15H25BrN4O. The van der Waals surface area contributed by atoms with Gasteiger partial charge >= 0.3 is 0 Å².